The maximum atomic E-state index is 12.6. The van der Waals surface area contributed by atoms with E-state index in [9.17, 15) is 14.4 Å². The first-order valence-corrected chi connectivity index (χ1v) is 21.1. The van der Waals surface area contributed by atoms with Gasteiger partial charge in [-0.1, -0.05) is 166 Å². The second-order valence-corrected chi connectivity index (χ2v) is 14.2. The van der Waals surface area contributed by atoms with E-state index < -0.39 is 5.97 Å². The lowest BCUT2D eigenvalue weighted by molar-refractivity contribution is -0.147. The maximum absolute atomic E-state index is 12.6. The highest BCUT2D eigenvalue weighted by Crippen LogP contribution is 2.16. The Bertz CT molecular complexity index is 864. The number of hydrogen-bond donors (Lipinski definition) is 2. The molecule has 1 atom stereocenters. The summed E-state index contributed by atoms with van der Waals surface area (Å²) >= 11 is 0. The second-order valence-electron chi connectivity index (χ2n) is 14.2. The van der Waals surface area contributed by atoms with E-state index >= 15 is 0 Å². The van der Waals surface area contributed by atoms with Crippen molar-refractivity contribution in [3.05, 3.63) is 36.5 Å². The van der Waals surface area contributed by atoms with Crippen LogP contribution in [0.5, 0.6) is 0 Å². The molecule has 2 N–H and O–H groups in total. The third-order valence-corrected chi connectivity index (χ3v) is 9.25. The minimum atomic E-state index is -1.03. The van der Waals surface area contributed by atoms with Crippen LogP contribution in [0.25, 0.3) is 0 Å². The van der Waals surface area contributed by atoms with Crippen LogP contribution in [0.2, 0.25) is 0 Å². The molecule has 290 valence electrons. The Morgan fingerprint density at radius 2 is 1.02 bits per heavy atom. The summed E-state index contributed by atoms with van der Waals surface area (Å²) in [6, 6.07) is 0. The number of aliphatic carboxylic acids is 1. The smallest absolute Gasteiger partial charge is 0.322 e. The lowest BCUT2D eigenvalue weighted by Crippen LogP contribution is -2.28. The number of nitrogens with one attached hydrogen (secondary N) is 1. The van der Waals surface area contributed by atoms with Gasteiger partial charge < -0.3 is 15.2 Å². The van der Waals surface area contributed by atoms with E-state index in [-0.39, 0.29) is 24.5 Å². The molecular weight excluding hydrogens is 622 g/mol. The first-order valence-electron chi connectivity index (χ1n) is 21.1. The number of hydrogen-bond acceptors (Lipinski definition) is 4. The van der Waals surface area contributed by atoms with Crippen LogP contribution in [0, 0.1) is 0 Å². The van der Waals surface area contributed by atoms with E-state index in [2.05, 4.69) is 49.5 Å². The van der Waals surface area contributed by atoms with Gasteiger partial charge in [-0.05, 0) is 70.3 Å². The molecule has 1 unspecified atom stereocenters. The molecule has 0 rings (SSSR count). The van der Waals surface area contributed by atoms with Gasteiger partial charge in [0.2, 0.25) is 5.91 Å². The molecule has 0 aliphatic carbocycles. The highest BCUT2D eigenvalue weighted by molar-refractivity contribution is 5.80. The summed E-state index contributed by atoms with van der Waals surface area (Å²) in [4.78, 5) is 34.8. The number of esters is 1. The van der Waals surface area contributed by atoms with Gasteiger partial charge in [0.05, 0.1) is 0 Å². The maximum Gasteiger partial charge on any atom is 0.322 e. The summed E-state index contributed by atoms with van der Waals surface area (Å²) in [6.07, 6.45) is 48.8. The van der Waals surface area contributed by atoms with Crippen LogP contribution in [0.3, 0.4) is 0 Å². The summed E-state index contributed by atoms with van der Waals surface area (Å²) in [5, 5.41) is 11.0. The number of carbonyl (C=O) groups excluding carboxylic acids is 2. The van der Waals surface area contributed by atoms with Gasteiger partial charge in [-0.25, -0.2) is 0 Å². The molecule has 0 aromatic heterocycles. The summed E-state index contributed by atoms with van der Waals surface area (Å²) in [7, 11) is 0. The Balaban J connectivity index is 3.86. The second kappa shape index (κ2) is 39.4. The molecule has 0 saturated heterocycles. The number of amides is 1. The van der Waals surface area contributed by atoms with Crippen molar-refractivity contribution in [3.63, 3.8) is 0 Å². The normalized spacial score (nSPS) is 12.4. The fourth-order valence-electron chi connectivity index (χ4n) is 6.11. The van der Waals surface area contributed by atoms with Crippen LogP contribution in [0.4, 0.5) is 0 Å². The van der Waals surface area contributed by atoms with E-state index in [0.717, 1.165) is 64.2 Å². The molecule has 0 bridgehead atoms. The molecule has 6 heteroatoms. The number of allylic oxidation sites excluding steroid dienone is 5. The molecule has 1 amide bonds. The highest BCUT2D eigenvalue weighted by Gasteiger charge is 2.12. The SMILES string of the molecule is CCC/C=C\C/C=C\C(CCCCCCC(=O)NCC(=O)O)OC(=O)CCCCCCCCCCCCC/C=C\CCCCCCCCCC. The highest BCUT2D eigenvalue weighted by atomic mass is 16.5. The van der Waals surface area contributed by atoms with Crippen molar-refractivity contribution in [1.82, 2.24) is 5.32 Å². The van der Waals surface area contributed by atoms with Crippen molar-refractivity contribution in [2.45, 2.75) is 219 Å². The predicted octanol–water partition coefficient (Wildman–Crippen LogP) is 12.9. The zero-order chi connectivity index (χ0) is 36.6. The van der Waals surface area contributed by atoms with Crippen LogP contribution >= 0.6 is 0 Å². The number of carboxylic acid groups (broad SMARTS) is 1. The topological polar surface area (TPSA) is 92.7 Å². The van der Waals surface area contributed by atoms with Gasteiger partial charge >= 0.3 is 11.9 Å². The number of unbranched alkanes of at least 4 members (excludes halogenated alkanes) is 23. The van der Waals surface area contributed by atoms with Gasteiger partial charge in [0.1, 0.15) is 12.6 Å². The molecule has 0 aliphatic rings. The lowest BCUT2D eigenvalue weighted by atomic mass is 10.0. The van der Waals surface area contributed by atoms with Crippen molar-refractivity contribution in [2.24, 2.45) is 0 Å². The molecule has 0 spiro atoms. The summed E-state index contributed by atoms with van der Waals surface area (Å²) in [5.41, 5.74) is 0. The first-order chi connectivity index (χ1) is 24.5. The van der Waals surface area contributed by atoms with Crippen LogP contribution in [0.15, 0.2) is 36.5 Å². The molecule has 50 heavy (non-hydrogen) atoms. The van der Waals surface area contributed by atoms with Crippen molar-refractivity contribution in [3.8, 4) is 0 Å². The number of rotatable bonds is 38. The van der Waals surface area contributed by atoms with Gasteiger partial charge in [0.25, 0.3) is 0 Å². The average molecular weight is 702 g/mol. The summed E-state index contributed by atoms with van der Waals surface area (Å²) in [5.74, 6) is -1.35. The van der Waals surface area contributed by atoms with Crippen LogP contribution in [0.1, 0.15) is 213 Å². The van der Waals surface area contributed by atoms with Crippen LogP contribution in [-0.4, -0.2) is 35.6 Å². The van der Waals surface area contributed by atoms with Gasteiger partial charge in [0, 0.05) is 12.8 Å². The standard InChI is InChI=1S/C44H79NO5/c1-3-5-7-9-11-12-13-14-15-16-17-18-19-20-21-22-23-24-25-26-27-29-35-39-44(49)50-41(36-32-28-10-8-6-4-2)37-33-30-31-34-38-42(46)45-40-43(47)48/h8,10,16-17,32,36,41H,3-7,9,11-15,18-31,33-35,37-40H2,1-2H3,(H,45,46)(H,47,48)/b10-8-,17-16-,36-32-. The summed E-state index contributed by atoms with van der Waals surface area (Å²) < 4.78 is 5.85. The van der Waals surface area contributed by atoms with Crippen molar-refractivity contribution < 1.29 is 24.2 Å². The Morgan fingerprint density at radius 3 is 1.56 bits per heavy atom. The zero-order valence-electron chi connectivity index (χ0n) is 32.7. The van der Waals surface area contributed by atoms with Crippen molar-refractivity contribution in [1.29, 1.82) is 0 Å². The van der Waals surface area contributed by atoms with E-state index in [1.165, 1.54) is 122 Å². The third-order valence-electron chi connectivity index (χ3n) is 9.25. The Morgan fingerprint density at radius 1 is 0.540 bits per heavy atom. The number of carbonyl (C=O) groups is 3. The molecule has 0 aromatic carbocycles. The number of carboxylic acids is 1. The molecule has 0 saturated carbocycles. The van der Waals surface area contributed by atoms with Crippen molar-refractivity contribution in [2.75, 3.05) is 6.54 Å². The van der Waals surface area contributed by atoms with Crippen molar-refractivity contribution >= 4 is 17.8 Å². The molecule has 0 fully saturated rings. The molecule has 0 radical (unpaired) electrons. The molecular formula is C44H79NO5. The Kier molecular flexibility index (Phi) is 37.5. The van der Waals surface area contributed by atoms with Crippen LogP contribution < -0.4 is 5.32 Å². The van der Waals surface area contributed by atoms with E-state index in [4.69, 9.17) is 9.84 Å². The largest absolute Gasteiger partial charge is 0.480 e. The first kappa shape index (κ1) is 47.6. The fourth-order valence-corrected chi connectivity index (χ4v) is 6.11. The zero-order valence-corrected chi connectivity index (χ0v) is 32.7. The predicted molar refractivity (Wildman–Crippen MR) is 212 cm³/mol. The monoisotopic (exact) mass is 702 g/mol. The molecule has 0 aliphatic heterocycles. The quantitative estimate of drug-likeness (QED) is 0.0380. The Hall–Kier alpha value is -2.37. The van der Waals surface area contributed by atoms with Gasteiger partial charge in [-0.3, -0.25) is 14.4 Å². The van der Waals surface area contributed by atoms with E-state index in [0.29, 0.717) is 12.8 Å². The average Bonchev–Trinajstić information content (AvgIpc) is 3.10. The number of ether oxygens (including phenoxy) is 1. The van der Waals surface area contributed by atoms with E-state index in [1.807, 2.05) is 6.08 Å². The van der Waals surface area contributed by atoms with E-state index in [1.54, 1.807) is 0 Å². The summed E-state index contributed by atoms with van der Waals surface area (Å²) in [6.45, 7) is 4.12. The molecule has 6 nitrogen and oxygen atoms in total. The van der Waals surface area contributed by atoms with Gasteiger partial charge in [0.15, 0.2) is 0 Å². The fraction of sp³-hybridized carbons (Fsp3) is 0.795. The molecule has 0 heterocycles. The molecule has 0 aromatic rings. The lowest BCUT2D eigenvalue weighted by Gasteiger charge is -2.14. The Labute approximate surface area is 308 Å². The van der Waals surface area contributed by atoms with Gasteiger partial charge in [-0.15, -0.1) is 0 Å². The minimum Gasteiger partial charge on any atom is -0.480 e. The minimum absolute atomic E-state index is 0.102. The van der Waals surface area contributed by atoms with Crippen LogP contribution in [-0.2, 0) is 19.1 Å². The third kappa shape index (κ3) is 38.4. The van der Waals surface area contributed by atoms with Gasteiger partial charge in [-0.2, -0.15) is 0 Å².